The number of benzene rings is 3. The fourth-order valence-electron chi connectivity index (χ4n) is 3.23. The van der Waals surface area contributed by atoms with Crippen LogP contribution in [0, 0.1) is 0 Å². The zero-order chi connectivity index (χ0) is 24.5. The second kappa shape index (κ2) is 12.0. The van der Waals surface area contributed by atoms with E-state index < -0.39 is 0 Å². The van der Waals surface area contributed by atoms with Crippen molar-refractivity contribution >= 4 is 28.1 Å². The zero-order valence-electron chi connectivity index (χ0n) is 19.2. The largest absolute Gasteiger partial charge is 0.494 e. The number of nitrogens with one attached hydrogen (secondary N) is 1. The molecule has 178 valence electrons. The first-order chi connectivity index (χ1) is 17.1. The van der Waals surface area contributed by atoms with Crippen LogP contribution in [-0.2, 0) is 4.79 Å². The molecule has 8 heteroatoms. The van der Waals surface area contributed by atoms with Crippen LogP contribution in [0.5, 0.6) is 11.5 Å². The Bertz CT molecular complexity index is 1270. The molecule has 0 unspecified atom stereocenters. The van der Waals surface area contributed by atoms with Crippen molar-refractivity contribution in [3.63, 3.8) is 0 Å². The summed E-state index contributed by atoms with van der Waals surface area (Å²) in [6, 6.07) is 24.8. The number of nitrogens with zero attached hydrogens (tertiary/aromatic N) is 3. The minimum atomic E-state index is -0.362. The number of hydrazone groups is 1. The lowest BCUT2D eigenvalue weighted by molar-refractivity contribution is -0.123. The van der Waals surface area contributed by atoms with Crippen molar-refractivity contribution in [1.82, 2.24) is 15.2 Å². The Morgan fingerprint density at radius 2 is 1.69 bits per heavy atom. The van der Waals surface area contributed by atoms with E-state index in [1.165, 1.54) is 0 Å². The molecule has 0 radical (unpaired) electrons. The van der Waals surface area contributed by atoms with Gasteiger partial charge >= 0.3 is 0 Å². The van der Waals surface area contributed by atoms with E-state index in [1.54, 1.807) is 23.0 Å². The molecule has 0 aliphatic carbocycles. The number of rotatable bonds is 10. The highest BCUT2D eigenvalue weighted by molar-refractivity contribution is 9.10. The maximum atomic E-state index is 12.2. The van der Waals surface area contributed by atoms with Gasteiger partial charge in [0.05, 0.1) is 18.5 Å². The van der Waals surface area contributed by atoms with E-state index in [2.05, 4.69) is 33.4 Å². The van der Waals surface area contributed by atoms with Crippen LogP contribution in [0.2, 0.25) is 0 Å². The molecule has 0 aliphatic heterocycles. The molecule has 1 amide bonds. The number of ether oxygens (including phenoxy) is 2. The molecule has 0 atom stereocenters. The highest BCUT2D eigenvalue weighted by Gasteiger charge is 2.12. The van der Waals surface area contributed by atoms with Crippen LogP contribution in [0.1, 0.15) is 18.9 Å². The van der Waals surface area contributed by atoms with E-state index in [0.29, 0.717) is 12.4 Å². The lowest BCUT2D eigenvalue weighted by atomic mass is 10.1. The molecule has 4 aromatic rings. The van der Waals surface area contributed by atoms with Crippen molar-refractivity contribution in [2.24, 2.45) is 5.10 Å². The van der Waals surface area contributed by atoms with Gasteiger partial charge in [-0.15, -0.1) is 0 Å². The molecule has 3 aromatic carbocycles. The van der Waals surface area contributed by atoms with Crippen LogP contribution in [0.25, 0.3) is 16.9 Å². The number of carbonyl (C=O) groups excluding carboxylic acids is 1. The van der Waals surface area contributed by atoms with Gasteiger partial charge in [-0.2, -0.15) is 10.2 Å². The van der Waals surface area contributed by atoms with Gasteiger partial charge in [0.25, 0.3) is 5.91 Å². The molecule has 0 bridgehead atoms. The van der Waals surface area contributed by atoms with E-state index in [4.69, 9.17) is 14.6 Å². The van der Waals surface area contributed by atoms with Gasteiger partial charge in [-0.1, -0.05) is 41.1 Å². The Morgan fingerprint density at radius 1 is 1.00 bits per heavy atom. The van der Waals surface area contributed by atoms with Crippen LogP contribution in [0.15, 0.2) is 94.6 Å². The summed E-state index contributed by atoms with van der Waals surface area (Å²) in [7, 11) is 0. The summed E-state index contributed by atoms with van der Waals surface area (Å²) in [5, 5.41) is 8.90. The topological polar surface area (TPSA) is 77.7 Å². The molecule has 1 heterocycles. The molecule has 0 saturated heterocycles. The van der Waals surface area contributed by atoms with Gasteiger partial charge in [0.2, 0.25) is 0 Å². The Labute approximate surface area is 212 Å². The zero-order valence-corrected chi connectivity index (χ0v) is 20.8. The average molecular weight is 533 g/mol. The molecular formula is C27H25BrN4O3. The first kappa shape index (κ1) is 24.2. The van der Waals surface area contributed by atoms with Gasteiger partial charge in [0.1, 0.15) is 17.2 Å². The molecule has 7 nitrogen and oxygen atoms in total. The Hall–Kier alpha value is -3.91. The van der Waals surface area contributed by atoms with Crippen molar-refractivity contribution < 1.29 is 14.3 Å². The molecule has 1 aromatic heterocycles. The summed E-state index contributed by atoms with van der Waals surface area (Å²) >= 11 is 3.37. The third-order valence-electron chi connectivity index (χ3n) is 4.94. The molecule has 35 heavy (non-hydrogen) atoms. The standard InChI is InChI=1S/C27H25BrN4O3/c1-2-16-34-24-12-8-20(9-13-24)27-21(18-32(31-27)23-6-4-3-5-7-23)17-29-30-26(33)19-35-25-14-10-22(28)11-15-25/h3-15,17-18H,2,16,19H2,1H3,(H,30,33). The Kier molecular flexibility index (Phi) is 8.30. The number of halogens is 1. The molecule has 0 spiro atoms. The van der Waals surface area contributed by atoms with Gasteiger partial charge in [-0.25, -0.2) is 10.1 Å². The summed E-state index contributed by atoms with van der Waals surface area (Å²) in [6.07, 6.45) is 4.41. The lowest BCUT2D eigenvalue weighted by Crippen LogP contribution is -2.24. The minimum Gasteiger partial charge on any atom is -0.494 e. The van der Waals surface area contributed by atoms with Crippen molar-refractivity contribution in [2.75, 3.05) is 13.2 Å². The predicted octanol–water partition coefficient (Wildman–Crippen LogP) is 5.62. The monoisotopic (exact) mass is 532 g/mol. The number of amides is 1. The third kappa shape index (κ3) is 6.80. The smallest absolute Gasteiger partial charge is 0.277 e. The van der Waals surface area contributed by atoms with Crippen LogP contribution >= 0.6 is 15.9 Å². The van der Waals surface area contributed by atoms with E-state index >= 15 is 0 Å². The molecule has 0 fully saturated rings. The molecule has 0 aliphatic rings. The van der Waals surface area contributed by atoms with E-state index in [0.717, 1.165) is 39.2 Å². The van der Waals surface area contributed by atoms with Crippen molar-refractivity contribution in [3.8, 4) is 28.4 Å². The highest BCUT2D eigenvalue weighted by Crippen LogP contribution is 2.25. The molecule has 1 N–H and O–H groups in total. The van der Waals surface area contributed by atoms with Gasteiger partial charge < -0.3 is 9.47 Å². The highest BCUT2D eigenvalue weighted by atomic mass is 79.9. The van der Waals surface area contributed by atoms with Gasteiger partial charge in [0, 0.05) is 21.8 Å². The minimum absolute atomic E-state index is 0.145. The van der Waals surface area contributed by atoms with E-state index in [-0.39, 0.29) is 12.5 Å². The maximum Gasteiger partial charge on any atom is 0.277 e. The molecule has 0 saturated carbocycles. The number of hydrogen-bond donors (Lipinski definition) is 1. The quantitative estimate of drug-likeness (QED) is 0.212. The molecule has 4 rings (SSSR count). The van der Waals surface area contributed by atoms with Crippen LogP contribution in [0.3, 0.4) is 0 Å². The maximum absolute atomic E-state index is 12.2. The van der Waals surface area contributed by atoms with E-state index in [1.807, 2.05) is 72.9 Å². The molecular weight excluding hydrogens is 508 g/mol. The second-order valence-electron chi connectivity index (χ2n) is 7.62. The van der Waals surface area contributed by atoms with Gasteiger partial charge in [-0.05, 0) is 67.1 Å². The second-order valence-corrected chi connectivity index (χ2v) is 8.54. The third-order valence-corrected chi connectivity index (χ3v) is 5.47. The summed E-state index contributed by atoms with van der Waals surface area (Å²) in [6.45, 7) is 2.60. The van der Waals surface area contributed by atoms with Crippen molar-refractivity contribution in [1.29, 1.82) is 0 Å². The number of para-hydroxylation sites is 1. The van der Waals surface area contributed by atoms with Crippen molar-refractivity contribution in [3.05, 3.63) is 95.1 Å². The van der Waals surface area contributed by atoms with Crippen LogP contribution < -0.4 is 14.9 Å². The summed E-state index contributed by atoms with van der Waals surface area (Å²) in [4.78, 5) is 12.2. The van der Waals surface area contributed by atoms with Crippen LogP contribution in [0.4, 0.5) is 0 Å². The normalized spacial score (nSPS) is 10.9. The Balaban J connectivity index is 1.49. The summed E-state index contributed by atoms with van der Waals surface area (Å²) < 4.78 is 13.9. The fourth-order valence-corrected chi connectivity index (χ4v) is 3.50. The fraction of sp³-hybridized carbons (Fsp3) is 0.148. The predicted molar refractivity (Wildman–Crippen MR) is 140 cm³/mol. The number of hydrogen-bond acceptors (Lipinski definition) is 5. The summed E-state index contributed by atoms with van der Waals surface area (Å²) in [5.41, 5.74) is 5.83. The number of carbonyl (C=O) groups is 1. The SMILES string of the molecule is CCCOc1ccc(-c2nn(-c3ccccc3)cc2C=NNC(=O)COc2ccc(Br)cc2)cc1. The first-order valence-corrected chi connectivity index (χ1v) is 12.0. The van der Waals surface area contributed by atoms with Crippen molar-refractivity contribution in [2.45, 2.75) is 13.3 Å². The first-order valence-electron chi connectivity index (χ1n) is 11.2. The Morgan fingerprint density at radius 3 is 2.40 bits per heavy atom. The number of aromatic nitrogens is 2. The average Bonchev–Trinajstić information content (AvgIpc) is 3.32. The van der Waals surface area contributed by atoms with Gasteiger partial charge in [0.15, 0.2) is 6.61 Å². The van der Waals surface area contributed by atoms with Gasteiger partial charge in [-0.3, -0.25) is 4.79 Å². The van der Waals surface area contributed by atoms with E-state index in [9.17, 15) is 4.79 Å². The van der Waals surface area contributed by atoms with Crippen LogP contribution in [-0.4, -0.2) is 35.1 Å². The summed E-state index contributed by atoms with van der Waals surface area (Å²) in [5.74, 6) is 1.05. The lowest BCUT2D eigenvalue weighted by Gasteiger charge is -2.06.